The van der Waals surface area contributed by atoms with Crippen molar-refractivity contribution in [1.29, 1.82) is 0 Å². The van der Waals surface area contributed by atoms with Gasteiger partial charge >= 0.3 is 0 Å². The topological polar surface area (TPSA) is 68.3 Å². The van der Waals surface area contributed by atoms with Gasteiger partial charge in [0.05, 0.1) is 11.0 Å². The first-order valence-electron chi connectivity index (χ1n) is 3.79. The first kappa shape index (κ1) is 12.8. The van der Waals surface area contributed by atoms with Gasteiger partial charge in [0.1, 0.15) is 15.6 Å². The van der Waals surface area contributed by atoms with Crippen LogP contribution in [0.1, 0.15) is 13.8 Å². The van der Waals surface area contributed by atoms with Crippen LogP contribution in [0.3, 0.4) is 0 Å². The third-order valence-electron chi connectivity index (χ3n) is 1.62. The smallest absolute Gasteiger partial charge is 0.148 e. The summed E-state index contributed by atoms with van der Waals surface area (Å²) < 4.78 is 32.7. The second kappa shape index (κ2) is 4.85. The molecule has 13 heavy (non-hydrogen) atoms. The van der Waals surface area contributed by atoms with Gasteiger partial charge in [0.25, 0.3) is 0 Å². The van der Waals surface area contributed by atoms with Crippen molar-refractivity contribution in [2.75, 3.05) is 17.8 Å². The van der Waals surface area contributed by atoms with Gasteiger partial charge in [0, 0.05) is 22.8 Å². The zero-order chi connectivity index (χ0) is 10.6. The minimum atomic E-state index is -3.08. The molecule has 0 saturated carbocycles. The summed E-state index contributed by atoms with van der Waals surface area (Å²) in [5.41, 5.74) is 0. The fraction of sp³-hybridized carbons (Fsp3) is 0.857. The van der Waals surface area contributed by atoms with Gasteiger partial charge in [-0.05, 0) is 13.8 Å². The van der Waals surface area contributed by atoms with Crippen LogP contribution < -0.4 is 0 Å². The zero-order valence-electron chi connectivity index (χ0n) is 7.94. The normalized spacial score (nSPS) is 16.5. The van der Waals surface area contributed by atoms with Gasteiger partial charge in [0.15, 0.2) is 0 Å². The lowest BCUT2D eigenvalue weighted by Crippen LogP contribution is -2.24. The number of sulfone groups is 1. The molecule has 0 heterocycles. The van der Waals surface area contributed by atoms with Crippen molar-refractivity contribution in [3.05, 3.63) is 0 Å². The van der Waals surface area contributed by atoms with Gasteiger partial charge in [-0.15, -0.1) is 0 Å². The third kappa shape index (κ3) is 5.93. The maximum Gasteiger partial charge on any atom is 0.148 e. The summed E-state index contributed by atoms with van der Waals surface area (Å²) in [5, 5.41) is -0.568. The van der Waals surface area contributed by atoms with Crippen LogP contribution in [0.5, 0.6) is 0 Å². The van der Waals surface area contributed by atoms with E-state index in [1.54, 1.807) is 6.92 Å². The molecule has 0 aliphatic rings. The molecule has 0 fully saturated rings. The Labute approximate surface area is 81.1 Å². The number of carbonyl (C=O) groups is 1. The number of rotatable bonds is 5. The fourth-order valence-electron chi connectivity index (χ4n) is 0.595. The molecular weight excluding hydrogens is 212 g/mol. The van der Waals surface area contributed by atoms with Crippen molar-refractivity contribution in [3.63, 3.8) is 0 Å². The van der Waals surface area contributed by atoms with Crippen LogP contribution in [0.25, 0.3) is 0 Å². The highest BCUT2D eigenvalue weighted by molar-refractivity contribution is 7.92. The summed E-state index contributed by atoms with van der Waals surface area (Å²) >= 11 is 0. The maximum atomic E-state index is 11.3. The van der Waals surface area contributed by atoms with E-state index in [0.717, 1.165) is 6.26 Å². The van der Waals surface area contributed by atoms with Crippen LogP contribution >= 0.6 is 0 Å². The highest BCUT2D eigenvalue weighted by Crippen LogP contribution is 1.98. The van der Waals surface area contributed by atoms with E-state index >= 15 is 0 Å². The second-order valence-electron chi connectivity index (χ2n) is 2.97. The average molecular weight is 226 g/mol. The van der Waals surface area contributed by atoms with Crippen molar-refractivity contribution in [3.8, 4) is 0 Å². The van der Waals surface area contributed by atoms with E-state index in [9.17, 15) is 17.4 Å². The van der Waals surface area contributed by atoms with Gasteiger partial charge in [-0.1, -0.05) is 0 Å². The first-order valence-corrected chi connectivity index (χ1v) is 7.23. The maximum absolute atomic E-state index is 11.3. The Kier molecular flexibility index (Phi) is 4.77. The van der Waals surface area contributed by atoms with Crippen molar-refractivity contribution >= 4 is 26.4 Å². The zero-order valence-corrected chi connectivity index (χ0v) is 9.57. The Morgan fingerprint density at radius 1 is 1.46 bits per heavy atom. The van der Waals surface area contributed by atoms with Crippen LogP contribution in [0.2, 0.25) is 0 Å². The summed E-state index contributed by atoms with van der Waals surface area (Å²) in [6.45, 7) is 2.89. The van der Waals surface area contributed by atoms with E-state index in [2.05, 4.69) is 0 Å². The molecule has 6 heteroatoms. The second-order valence-corrected chi connectivity index (χ2v) is 7.10. The predicted octanol–water partition coefficient (Wildman–Crippen LogP) is -0.243. The van der Waals surface area contributed by atoms with Crippen molar-refractivity contribution in [2.24, 2.45) is 0 Å². The van der Waals surface area contributed by atoms with Crippen LogP contribution in [-0.4, -0.2) is 41.4 Å². The van der Waals surface area contributed by atoms with Crippen LogP contribution in [0, 0.1) is 0 Å². The van der Waals surface area contributed by atoms with Crippen LogP contribution in [0.15, 0.2) is 0 Å². The molecule has 0 radical (unpaired) electrons. The first-order chi connectivity index (χ1) is 5.74. The fourth-order valence-corrected chi connectivity index (χ4v) is 3.19. The summed E-state index contributed by atoms with van der Waals surface area (Å²) in [6, 6.07) is 0. The largest absolute Gasteiger partial charge is 0.299 e. The highest BCUT2D eigenvalue weighted by atomic mass is 32.2. The molecule has 2 unspecified atom stereocenters. The van der Waals surface area contributed by atoms with E-state index in [0.29, 0.717) is 0 Å². The van der Waals surface area contributed by atoms with Crippen molar-refractivity contribution in [1.82, 2.24) is 0 Å². The predicted molar refractivity (Wildman–Crippen MR) is 52.9 cm³/mol. The molecule has 4 nitrogen and oxygen atoms in total. The Morgan fingerprint density at radius 3 is 2.23 bits per heavy atom. The van der Waals surface area contributed by atoms with Crippen molar-refractivity contribution in [2.45, 2.75) is 19.1 Å². The molecular formula is C7H14O4S2. The number of carbonyl (C=O) groups excluding carboxylic acids is 1. The lowest BCUT2D eigenvalue weighted by atomic mass is 10.3. The molecule has 0 rings (SSSR count). The number of ketones is 1. The van der Waals surface area contributed by atoms with Crippen molar-refractivity contribution < 1.29 is 17.4 Å². The third-order valence-corrected chi connectivity index (χ3v) is 4.55. The molecule has 2 atom stereocenters. The number of hydrogen-bond donors (Lipinski definition) is 0. The highest BCUT2D eigenvalue weighted by Gasteiger charge is 2.17. The van der Waals surface area contributed by atoms with Crippen LogP contribution in [-0.2, 0) is 25.4 Å². The molecule has 0 aliphatic carbocycles. The summed E-state index contributed by atoms with van der Waals surface area (Å²) in [4.78, 5) is 10.8. The molecule has 78 valence electrons. The van der Waals surface area contributed by atoms with E-state index in [4.69, 9.17) is 0 Å². The molecule has 0 bridgehead atoms. The number of hydrogen-bond acceptors (Lipinski definition) is 4. The van der Waals surface area contributed by atoms with Gasteiger partial charge in [-0.25, -0.2) is 8.42 Å². The standard InChI is InChI=1S/C7H14O4S2/c1-6(8)7(2)12(9)4-5-13(3,10)11/h7H,4-5H2,1-3H3. The Balaban J connectivity index is 4.11. The molecule has 0 aromatic rings. The minimum absolute atomic E-state index is 0.0413. The van der Waals surface area contributed by atoms with Gasteiger partial charge in [-0.2, -0.15) is 0 Å². The molecule has 0 aliphatic heterocycles. The molecule has 0 aromatic heterocycles. The SMILES string of the molecule is CC(=O)C(C)S(=O)CCS(C)(=O)=O. The quantitative estimate of drug-likeness (QED) is 0.648. The average Bonchev–Trinajstić information content (AvgIpc) is 1.97. The van der Waals surface area contributed by atoms with Crippen LogP contribution in [0.4, 0.5) is 0 Å². The van der Waals surface area contributed by atoms with Gasteiger partial charge in [0.2, 0.25) is 0 Å². The number of Topliss-reactive ketones (excluding diaryl/α,β-unsaturated/α-hetero) is 1. The van der Waals surface area contributed by atoms with E-state index < -0.39 is 25.9 Å². The Morgan fingerprint density at radius 2 is 1.92 bits per heavy atom. The molecule has 0 amide bonds. The summed E-state index contributed by atoms with van der Waals surface area (Å²) in [7, 11) is -4.45. The van der Waals surface area contributed by atoms with E-state index in [1.165, 1.54) is 6.92 Å². The van der Waals surface area contributed by atoms with Gasteiger partial charge in [-0.3, -0.25) is 9.00 Å². The lowest BCUT2D eigenvalue weighted by molar-refractivity contribution is -0.116. The summed E-state index contributed by atoms with van der Waals surface area (Å²) in [5.74, 6) is -0.261. The Hall–Kier alpha value is -0.230. The monoisotopic (exact) mass is 226 g/mol. The Bertz CT molecular complexity index is 304. The summed E-state index contributed by atoms with van der Waals surface area (Å²) in [6.07, 6.45) is 1.09. The molecule has 0 aromatic carbocycles. The lowest BCUT2D eigenvalue weighted by Gasteiger charge is -2.06. The minimum Gasteiger partial charge on any atom is -0.299 e. The molecule has 0 saturated heterocycles. The van der Waals surface area contributed by atoms with E-state index in [1.807, 2.05) is 0 Å². The van der Waals surface area contributed by atoms with E-state index in [-0.39, 0.29) is 17.3 Å². The molecule has 0 N–H and O–H groups in total. The molecule has 0 spiro atoms. The van der Waals surface area contributed by atoms with Gasteiger partial charge < -0.3 is 0 Å².